The van der Waals surface area contributed by atoms with Crippen LogP contribution in [-0.4, -0.2) is 10.6 Å². The summed E-state index contributed by atoms with van der Waals surface area (Å²) in [5.41, 5.74) is 5.65. The van der Waals surface area contributed by atoms with E-state index < -0.39 is 4.92 Å². The van der Waals surface area contributed by atoms with Gasteiger partial charge in [0.15, 0.2) is 0 Å². The average Bonchev–Trinajstić information content (AvgIpc) is 2.05. The molecule has 1 aliphatic carbocycles. The van der Waals surface area contributed by atoms with E-state index in [0.29, 0.717) is 5.57 Å². The minimum atomic E-state index is -0.521. The summed E-state index contributed by atoms with van der Waals surface area (Å²) in [7, 11) is 0. The number of rotatable bonds is 1. The lowest BCUT2D eigenvalue weighted by Crippen LogP contribution is -2.07. The predicted octanol–water partition coefficient (Wildman–Crippen LogP) is 0.579. The maximum atomic E-state index is 10.3. The molecule has 0 aliphatic heterocycles. The normalized spacial score (nSPS) is 19.5. The molecule has 5 nitrogen and oxygen atoms in total. The summed E-state index contributed by atoms with van der Waals surface area (Å²) in [4.78, 5) is 9.75. The maximum absolute atomic E-state index is 10.3. The van der Waals surface area contributed by atoms with Crippen LogP contribution in [0.4, 0.5) is 0 Å². The third-order valence-electron chi connectivity index (χ3n) is 1.43. The van der Waals surface area contributed by atoms with Crippen molar-refractivity contribution < 1.29 is 4.92 Å². The zero-order chi connectivity index (χ0) is 9.14. The SMILES string of the molecule is N=C1C=CC([N+](=O)[O-])=C/C1=C/N. The van der Waals surface area contributed by atoms with Crippen LogP contribution < -0.4 is 5.73 Å². The molecular formula is C7H7N3O2. The highest BCUT2D eigenvalue weighted by Gasteiger charge is 2.13. The van der Waals surface area contributed by atoms with Gasteiger partial charge in [0, 0.05) is 23.9 Å². The molecule has 0 atom stereocenters. The Morgan fingerprint density at radius 3 is 2.75 bits per heavy atom. The van der Waals surface area contributed by atoms with E-state index in [4.69, 9.17) is 11.1 Å². The average molecular weight is 165 g/mol. The van der Waals surface area contributed by atoms with Gasteiger partial charge in [0.2, 0.25) is 0 Å². The Morgan fingerprint density at radius 2 is 2.25 bits per heavy atom. The second-order valence-electron chi connectivity index (χ2n) is 2.20. The van der Waals surface area contributed by atoms with Crippen LogP contribution >= 0.6 is 0 Å². The van der Waals surface area contributed by atoms with Crippen LogP contribution in [0.25, 0.3) is 0 Å². The lowest BCUT2D eigenvalue weighted by molar-refractivity contribution is -0.419. The molecule has 0 unspecified atom stereocenters. The number of hydrogen-bond donors (Lipinski definition) is 2. The van der Waals surface area contributed by atoms with E-state index in [1.54, 1.807) is 0 Å². The molecule has 0 aromatic rings. The van der Waals surface area contributed by atoms with E-state index in [0.717, 1.165) is 0 Å². The van der Waals surface area contributed by atoms with Crippen LogP contribution in [0.15, 0.2) is 35.7 Å². The summed E-state index contributed by atoms with van der Waals surface area (Å²) in [6.45, 7) is 0. The van der Waals surface area contributed by atoms with E-state index in [1.165, 1.54) is 24.4 Å². The highest BCUT2D eigenvalue weighted by Crippen LogP contribution is 2.12. The maximum Gasteiger partial charge on any atom is 0.270 e. The molecule has 0 aromatic carbocycles. The summed E-state index contributed by atoms with van der Waals surface area (Å²) in [5.74, 6) is 0. The standard InChI is InChI=1S/C7H7N3O2/c8-4-5-3-6(10(11)12)1-2-7(5)9/h1-4,9H,8H2/b5-4-,9-7?. The van der Waals surface area contributed by atoms with Crippen LogP contribution in [0.3, 0.4) is 0 Å². The van der Waals surface area contributed by atoms with Crippen molar-refractivity contribution in [1.29, 1.82) is 5.41 Å². The Bertz CT molecular complexity index is 326. The zero-order valence-corrected chi connectivity index (χ0v) is 6.15. The highest BCUT2D eigenvalue weighted by molar-refractivity contribution is 6.09. The van der Waals surface area contributed by atoms with Gasteiger partial charge in [-0.3, -0.25) is 10.1 Å². The molecule has 0 bridgehead atoms. The number of hydrogen-bond acceptors (Lipinski definition) is 4. The lowest BCUT2D eigenvalue weighted by Gasteiger charge is -2.02. The fourth-order valence-electron chi connectivity index (χ4n) is 0.802. The van der Waals surface area contributed by atoms with Crippen LogP contribution in [0.1, 0.15) is 0 Å². The second kappa shape index (κ2) is 3.00. The molecular weight excluding hydrogens is 158 g/mol. The summed E-state index contributed by atoms with van der Waals surface area (Å²) >= 11 is 0. The summed E-state index contributed by atoms with van der Waals surface area (Å²) in [6.07, 6.45) is 5.06. The van der Waals surface area contributed by atoms with E-state index in [-0.39, 0.29) is 11.4 Å². The van der Waals surface area contributed by atoms with Crippen molar-refractivity contribution in [3.8, 4) is 0 Å². The van der Waals surface area contributed by atoms with Gasteiger partial charge >= 0.3 is 0 Å². The summed E-state index contributed by atoms with van der Waals surface area (Å²) in [5, 5.41) is 17.5. The van der Waals surface area contributed by atoms with Crippen LogP contribution in [0.5, 0.6) is 0 Å². The fourth-order valence-corrected chi connectivity index (χ4v) is 0.802. The van der Waals surface area contributed by atoms with Gasteiger partial charge in [-0.25, -0.2) is 0 Å². The predicted molar refractivity (Wildman–Crippen MR) is 44.2 cm³/mol. The number of nitrogens with zero attached hydrogens (tertiary/aromatic N) is 1. The van der Waals surface area contributed by atoms with Crippen molar-refractivity contribution in [2.45, 2.75) is 0 Å². The molecule has 0 saturated heterocycles. The van der Waals surface area contributed by atoms with Gasteiger partial charge in [-0.1, -0.05) is 0 Å². The molecule has 3 N–H and O–H groups in total. The summed E-state index contributed by atoms with van der Waals surface area (Å²) in [6, 6.07) is 0. The third kappa shape index (κ3) is 1.39. The topological polar surface area (TPSA) is 93.0 Å². The van der Waals surface area contributed by atoms with E-state index in [9.17, 15) is 10.1 Å². The van der Waals surface area contributed by atoms with Crippen molar-refractivity contribution in [1.82, 2.24) is 0 Å². The summed E-state index contributed by atoms with van der Waals surface area (Å²) < 4.78 is 0. The van der Waals surface area contributed by atoms with Gasteiger partial charge < -0.3 is 11.1 Å². The van der Waals surface area contributed by atoms with Crippen LogP contribution in [0.2, 0.25) is 0 Å². The van der Waals surface area contributed by atoms with Gasteiger partial charge in [0.1, 0.15) is 0 Å². The molecule has 1 rings (SSSR count). The quantitative estimate of drug-likeness (QED) is 0.439. The van der Waals surface area contributed by atoms with Gasteiger partial charge in [0.05, 0.1) is 10.6 Å². The molecule has 5 heteroatoms. The van der Waals surface area contributed by atoms with Gasteiger partial charge in [-0.2, -0.15) is 0 Å². The van der Waals surface area contributed by atoms with Gasteiger partial charge in [-0.15, -0.1) is 0 Å². The highest BCUT2D eigenvalue weighted by atomic mass is 16.6. The number of allylic oxidation sites excluding steroid dienone is 4. The van der Waals surface area contributed by atoms with E-state index in [2.05, 4.69) is 0 Å². The van der Waals surface area contributed by atoms with Gasteiger partial charge in [-0.05, 0) is 6.08 Å². The zero-order valence-electron chi connectivity index (χ0n) is 6.15. The number of nitro groups is 1. The first-order chi connectivity index (χ1) is 5.65. The van der Waals surface area contributed by atoms with Crippen molar-refractivity contribution >= 4 is 5.71 Å². The first kappa shape index (κ1) is 8.19. The lowest BCUT2D eigenvalue weighted by atomic mass is 10.1. The molecule has 0 heterocycles. The molecule has 0 amide bonds. The Labute approximate surface area is 68.5 Å². The number of nitrogens with one attached hydrogen (secondary N) is 1. The second-order valence-corrected chi connectivity index (χ2v) is 2.20. The first-order valence-electron chi connectivity index (χ1n) is 3.20. The molecule has 1 aliphatic rings. The molecule has 0 radical (unpaired) electrons. The fraction of sp³-hybridized carbons (Fsp3) is 0. The molecule has 0 aromatic heterocycles. The Balaban J connectivity index is 3.04. The number of nitrogens with two attached hydrogens (primary N) is 1. The van der Waals surface area contributed by atoms with Gasteiger partial charge in [0.25, 0.3) is 5.70 Å². The molecule has 0 saturated carbocycles. The molecule has 62 valence electrons. The van der Waals surface area contributed by atoms with Crippen molar-refractivity contribution in [2.75, 3.05) is 0 Å². The molecule has 12 heavy (non-hydrogen) atoms. The smallest absolute Gasteiger partial charge is 0.270 e. The molecule has 0 spiro atoms. The van der Waals surface area contributed by atoms with Crippen LogP contribution in [0, 0.1) is 15.5 Å². The largest absolute Gasteiger partial charge is 0.404 e. The van der Waals surface area contributed by atoms with Crippen molar-refractivity contribution in [2.24, 2.45) is 5.73 Å². The Hall–Kier alpha value is -1.91. The Morgan fingerprint density at radius 1 is 1.58 bits per heavy atom. The van der Waals surface area contributed by atoms with E-state index >= 15 is 0 Å². The van der Waals surface area contributed by atoms with Crippen LogP contribution in [-0.2, 0) is 0 Å². The monoisotopic (exact) mass is 165 g/mol. The minimum Gasteiger partial charge on any atom is -0.404 e. The molecule has 0 fully saturated rings. The Kier molecular flexibility index (Phi) is 2.05. The van der Waals surface area contributed by atoms with Crippen molar-refractivity contribution in [3.05, 3.63) is 45.8 Å². The third-order valence-corrected chi connectivity index (χ3v) is 1.43. The van der Waals surface area contributed by atoms with E-state index in [1.807, 2.05) is 0 Å². The minimum absolute atomic E-state index is 0.0531. The first-order valence-corrected chi connectivity index (χ1v) is 3.20. The van der Waals surface area contributed by atoms with Crippen molar-refractivity contribution in [3.63, 3.8) is 0 Å².